The highest BCUT2D eigenvalue weighted by molar-refractivity contribution is 5.88. The fourth-order valence-corrected chi connectivity index (χ4v) is 0.944. The highest BCUT2D eigenvalue weighted by Gasteiger charge is 2.16. The van der Waals surface area contributed by atoms with Crippen LogP contribution in [-0.2, 0) is 0 Å². The summed E-state index contributed by atoms with van der Waals surface area (Å²) in [5.41, 5.74) is -0.441. The molecule has 0 aliphatic heterocycles. The maximum Gasteiger partial charge on any atom is 0.360 e. The molecule has 0 atom stereocenters. The number of carboxylic acid groups (broad SMARTS) is 1. The molecular formula is C7H5N3O4. The molecule has 14 heavy (non-hydrogen) atoms. The second-order valence-electron chi connectivity index (χ2n) is 2.43. The normalized spacial score (nSPS) is 10.3. The van der Waals surface area contributed by atoms with Crippen molar-refractivity contribution in [3.05, 3.63) is 24.4 Å². The van der Waals surface area contributed by atoms with Crippen molar-refractivity contribution < 1.29 is 19.4 Å². The number of aromatic nitrogens is 3. The van der Waals surface area contributed by atoms with Gasteiger partial charge in [0, 0.05) is 0 Å². The highest BCUT2D eigenvalue weighted by Crippen LogP contribution is 2.16. The van der Waals surface area contributed by atoms with Crippen molar-refractivity contribution in [2.24, 2.45) is 0 Å². The number of carboxylic acids is 1. The molecule has 0 bridgehead atoms. The molecule has 0 aliphatic rings. The minimum atomic E-state index is -1.31. The number of nitrogens with zero attached hydrogens (tertiary/aromatic N) is 3. The molecule has 7 nitrogen and oxygen atoms in total. The molecule has 7 heteroatoms. The van der Waals surface area contributed by atoms with Gasteiger partial charge in [0.05, 0.1) is 12.4 Å². The van der Waals surface area contributed by atoms with Gasteiger partial charge in [-0.1, -0.05) is 0 Å². The summed E-state index contributed by atoms with van der Waals surface area (Å²) in [6.07, 6.45) is 3.80. The molecule has 2 aromatic rings. The van der Waals surface area contributed by atoms with E-state index in [1.54, 1.807) is 0 Å². The Hall–Kier alpha value is -2.31. The van der Waals surface area contributed by atoms with Gasteiger partial charge in [-0.3, -0.25) is 0 Å². The van der Waals surface area contributed by atoms with Gasteiger partial charge in [-0.15, -0.1) is 0 Å². The van der Waals surface area contributed by atoms with E-state index in [-0.39, 0.29) is 6.01 Å². The van der Waals surface area contributed by atoms with Crippen LogP contribution < -0.4 is 0 Å². The van der Waals surface area contributed by atoms with E-state index >= 15 is 0 Å². The summed E-state index contributed by atoms with van der Waals surface area (Å²) < 4.78 is 5.89. The summed E-state index contributed by atoms with van der Waals surface area (Å²) in [5.74, 6) is -1.75. The van der Waals surface area contributed by atoms with E-state index in [0.717, 1.165) is 10.9 Å². The van der Waals surface area contributed by atoms with Crippen molar-refractivity contribution in [1.29, 1.82) is 0 Å². The minimum absolute atomic E-state index is 0.0906. The Balaban J connectivity index is 2.48. The first-order chi connectivity index (χ1) is 6.68. The van der Waals surface area contributed by atoms with Gasteiger partial charge in [0.25, 0.3) is 0 Å². The second kappa shape index (κ2) is 2.87. The molecule has 2 aromatic heterocycles. The van der Waals surface area contributed by atoms with Gasteiger partial charge in [-0.25, -0.2) is 9.78 Å². The Morgan fingerprint density at radius 1 is 1.57 bits per heavy atom. The summed E-state index contributed by atoms with van der Waals surface area (Å²) in [7, 11) is 0. The van der Waals surface area contributed by atoms with Crippen molar-refractivity contribution in [3.63, 3.8) is 0 Å². The van der Waals surface area contributed by atoms with Crippen LogP contribution >= 0.6 is 0 Å². The van der Waals surface area contributed by atoms with Crippen molar-refractivity contribution in [2.45, 2.75) is 0 Å². The molecule has 0 radical (unpaired) electrons. The van der Waals surface area contributed by atoms with Gasteiger partial charge in [0.1, 0.15) is 6.26 Å². The molecule has 72 valence electrons. The lowest BCUT2D eigenvalue weighted by Crippen LogP contribution is -2.01. The molecule has 0 aromatic carbocycles. The zero-order valence-corrected chi connectivity index (χ0v) is 6.78. The molecule has 0 aliphatic carbocycles. The van der Waals surface area contributed by atoms with Crippen LogP contribution in [0.5, 0.6) is 5.75 Å². The van der Waals surface area contributed by atoms with Crippen LogP contribution in [0.3, 0.4) is 0 Å². The van der Waals surface area contributed by atoms with Crippen LogP contribution in [-0.4, -0.2) is 30.9 Å². The molecule has 2 N–H and O–H groups in total. The maximum absolute atomic E-state index is 10.5. The summed E-state index contributed by atoms with van der Waals surface area (Å²) in [5, 5.41) is 21.3. The van der Waals surface area contributed by atoms with E-state index in [1.165, 1.54) is 12.5 Å². The first-order valence-electron chi connectivity index (χ1n) is 3.60. The van der Waals surface area contributed by atoms with E-state index in [1.807, 2.05) is 0 Å². The fraction of sp³-hybridized carbons (Fsp3) is 0. The van der Waals surface area contributed by atoms with Crippen molar-refractivity contribution >= 4 is 5.97 Å². The summed E-state index contributed by atoms with van der Waals surface area (Å²) in [4.78, 5) is 14.2. The van der Waals surface area contributed by atoms with E-state index < -0.39 is 17.4 Å². The zero-order chi connectivity index (χ0) is 10.1. The predicted molar refractivity (Wildman–Crippen MR) is 42.2 cm³/mol. The molecule has 0 amide bonds. The molecular weight excluding hydrogens is 190 g/mol. The van der Waals surface area contributed by atoms with Gasteiger partial charge in [-0.2, -0.15) is 9.78 Å². The van der Waals surface area contributed by atoms with E-state index in [9.17, 15) is 4.79 Å². The largest absolute Gasteiger partial charge is 0.504 e. The van der Waals surface area contributed by atoms with E-state index in [0.29, 0.717) is 0 Å². The van der Waals surface area contributed by atoms with Crippen LogP contribution in [0.4, 0.5) is 0 Å². The van der Waals surface area contributed by atoms with Crippen LogP contribution in [0.2, 0.25) is 0 Å². The molecule has 0 unspecified atom stereocenters. The van der Waals surface area contributed by atoms with Gasteiger partial charge in [0.15, 0.2) is 5.75 Å². The summed E-state index contributed by atoms with van der Waals surface area (Å²) in [6.45, 7) is 0. The highest BCUT2D eigenvalue weighted by atomic mass is 16.4. The first kappa shape index (κ1) is 8.30. The van der Waals surface area contributed by atoms with E-state index in [4.69, 9.17) is 14.6 Å². The van der Waals surface area contributed by atoms with Gasteiger partial charge < -0.3 is 14.6 Å². The van der Waals surface area contributed by atoms with Gasteiger partial charge in [-0.05, 0) is 0 Å². The molecule has 0 saturated carbocycles. The zero-order valence-electron chi connectivity index (χ0n) is 6.78. The smallest absolute Gasteiger partial charge is 0.360 e. The molecule has 2 heterocycles. The lowest BCUT2D eigenvalue weighted by atomic mass is 10.4. The van der Waals surface area contributed by atoms with Crippen molar-refractivity contribution in [2.75, 3.05) is 0 Å². The average molecular weight is 195 g/mol. The Kier molecular flexibility index (Phi) is 1.70. The van der Waals surface area contributed by atoms with E-state index in [2.05, 4.69) is 10.1 Å². The number of carbonyl (C=O) groups is 1. The Labute approximate surface area is 77.2 Å². The Morgan fingerprint density at radius 3 is 2.86 bits per heavy atom. The van der Waals surface area contributed by atoms with Crippen LogP contribution in [0.1, 0.15) is 10.5 Å². The number of aromatic hydroxyl groups is 1. The second-order valence-corrected chi connectivity index (χ2v) is 2.43. The number of hydrogen-bond donors (Lipinski definition) is 2. The Bertz CT molecular complexity index is 459. The van der Waals surface area contributed by atoms with Crippen LogP contribution in [0, 0.1) is 0 Å². The van der Waals surface area contributed by atoms with Crippen LogP contribution in [0.15, 0.2) is 23.1 Å². The number of rotatable bonds is 2. The van der Waals surface area contributed by atoms with Crippen molar-refractivity contribution in [1.82, 2.24) is 14.8 Å². The van der Waals surface area contributed by atoms with Gasteiger partial charge in [0.2, 0.25) is 5.69 Å². The predicted octanol–water partition coefficient (Wildman–Crippen LogP) is 0.264. The minimum Gasteiger partial charge on any atom is -0.504 e. The topological polar surface area (TPSA) is 101 Å². The van der Waals surface area contributed by atoms with Crippen LogP contribution in [0.25, 0.3) is 6.01 Å². The lowest BCUT2D eigenvalue weighted by molar-refractivity contribution is 0.0687. The molecule has 0 saturated heterocycles. The first-order valence-corrected chi connectivity index (χ1v) is 3.60. The number of hydrogen-bond acceptors (Lipinski definition) is 5. The number of oxazole rings is 1. The monoisotopic (exact) mass is 195 g/mol. The van der Waals surface area contributed by atoms with Gasteiger partial charge >= 0.3 is 12.0 Å². The molecule has 2 rings (SSSR count). The van der Waals surface area contributed by atoms with Crippen molar-refractivity contribution in [3.8, 4) is 11.8 Å². The molecule has 0 spiro atoms. The molecule has 0 fully saturated rings. The summed E-state index contributed by atoms with van der Waals surface area (Å²) in [6, 6.07) is 0.0906. The third-order valence-corrected chi connectivity index (χ3v) is 1.51. The maximum atomic E-state index is 10.5. The Morgan fingerprint density at radius 2 is 2.36 bits per heavy atom. The summed E-state index contributed by atoms with van der Waals surface area (Å²) >= 11 is 0. The third kappa shape index (κ3) is 1.20. The SMILES string of the molecule is O=C(O)c1nn(-c2ncco2)cc1O. The standard InChI is InChI=1S/C7H5N3O4/c11-4-3-10(7-8-1-2-14-7)9-5(4)6(12)13/h1-3,11H,(H,12,13). The average Bonchev–Trinajstić information content (AvgIpc) is 2.70. The fourth-order valence-electron chi connectivity index (χ4n) is 0.944. The quantitative estimate of drug-likeness (QED) is 0.712. The lowest BCUT2D eigenvalue weighted by Gasteiger charge is -1.89. The number of aromatic carboxylic acids is 1. The third-order valence-electron chi connectivity index (χ3n) is 1.51.